The molecule has 0 aliphatic rings. The Bertz CT molecular complexity index is 166. The lowest BCUT2D eigenvalue weighted by atomic mass is 10.2. The van der Waals surface area contributed by atoms with Gasteiger partial charge in [0.2, 0.25) is 0 Å². The Balaban J connectivity index is 4.09. The van der Waals surface area contributed by atoms with E-state index in [4.69, 9.17) is 10.8 Å². The molecule has 0 aliphatic carbocycles. The maximum absolute atomic E-state index is 7.10. The smallest absolute Gasteiger partial charge is 0.109 e. The van der Waals surface area contributed by atoms with Gasteiger partial charge in [-0.05, 0) is 19.9 Å². The highest BCUT2D eigenvalue weighted by Gasteiger charge is 1.92. The van der Waals surface area contributed by atoms with E-state index >= 15 is 0 Å². The first-order valence-electron chi connectivity index (χ1n) is 2.55. The maximum atomic E-state index is 7.10. The van der Waals surface area contributed by atoms with Crippen molar-refractivity contribution >= 4 is 23.4 Å². The van der Waals surface area contributed by atoms with Crippen molar-refractivity contribution in [2.24, 2.45) is 0 Å². The number of hydrogen-bond donors (Lipinski definition) is 3. The number of hydrogen-bond acceptors (Lipinski definition) is 2. The largest absolute Gasteiger partial charge is 0.298 e. The summed E-state index contributed by atoms with van der Waals surface area (Å²) in [5.74, 6) is 0. The molecule has 0 aromatic rings. The van der Waals surface area contributed by atoms with Crippen molar-refractivity contribution < 1.29 is 0 Å². The van der Waals surface area contributed by atoms with E-state index in [1.54, 1.807) is 6.08 Å². The van der Waals surface area contributed by atoms with Crippen LogP contribution in [-0.4, -0.2) is 10.8 Å². The summed E-state index contributed by atoms with van der Waals surface area (Å²) in [5, 5.41) is 14.0. The Labute approximate surface area is 60.4 Å². The van der Waals surface area contributed by atoms with Crippen LogP contribution in [0.5, 0.6) is 0 Å². The predicted octanol–water partition coefficient (Wildman–Crippen LogP) is 1.88. The minimum atomic E-state index is 0.0104. The van der Waals surface area contributed by atoms with Crippen molar-refractivity contribution in [2.75, 3.05) is 0 Å². The van der Waals surface area contributed by atoms with Crippen LogP contribution in [-0.2, 0) is 0 Å². The van der Waals surface area contributed by atoms with Crippen molar-refractivity contribution in [3.05, 3.63) is 11.6 Å². The van der Waals surface area contributed by atoms with Crippen molar-refractivity contribution in [1.82, 2.24) is 0 Å². The second kappa shape index (κ2) is 3.45. The Morgan fingerprint density at radius 3 is 1.89 bits per heavy atom. The molecule has 0 saturated heterocycles. The van der Waals surface area contributed by atoms with Gasteiger partial charge in [-0.1, -0.05) is 5.57 Å². The molecule has 0 unspecified atom stereocenters. The number of allylic oxidation sites excluding steroid dienone is 2. The molecule has 2 N–H and O–H groups in total. The third-order valence-electron chi connectivity index (χ3n) is 0.688. The molecule has 0 amide bonds. The van der Waals surface area contributed by atoms with Crippen LogP contribution < -0.4 is 0 Å². The van der Waals surface area contributed by atoms with Crippen LogP contribution in [0.15, 0.2) is 11.6 Å². The molecule has 2 nitrogen and oxygen atoms in total. The van der Waals surface area contributed by atoms with Crippen LogP contribution in [0.3, 0.4) is 0 Å². The summed E-state index contributed by atoms with van der Waals surface area (Å²) in [6, 6.07) is 0. The van der Waals surface area contributed by atoms with Crippen molar-refractivity contribution in [3.63, 3.8) is 0 Å². The molecule has 3 heteroatoms. The summed E-state index contributed by atoms with van der Waals surface area (Å²) in [6.07, 6.45) is 1.61. The van der Waals surface area contributed by atoms with Crippen molar-refractivity contribution in [2.45, 2.75) is 13.8 Å². The zero-order valence-corrected chi connectivity index (χ0v) is 6.42. The average molecular weight is 142 g/mol. The molecule has 0 rings (SSSR count). The minimum absolute atomic E-state index is 0.0104. The van der Waals surface area contributed by atoms with E-state index in [0.717, 1.165) is 5.57 Å². The molecule has 0 radical (unpaired) electrons. The third kappa shape index (κ3) is 3.97. The van der Waals surface area contributed by atoms with E-state index in [0.29, 0.717) is 0 Å². The van der Waals surface area contributed by atoms with E-state index in [2.05, 4.69) is 12.6 Å². The van der Waals surface area contributed by atoms with Crippen LogP contribution in [0, 0.1) is 10.8 Å². The summed E-state index contributed by atoms with van der Waals surface area (Å²) >= 11 is 3.68. The Hall–Kier alpha value is -0.570. The Morgan fingerprint density at radius 1 is 1.33 bits per heavy atom. The number of rotatable bonds is 2. The molecule has 0 saturated carbocycles. The van der Waals surface area contributed by atoms with Gasteiger partial charge in [0.05, 0.1) is 5.71 Å². The van der Waals surface area contributed by atoms with Crippen molar-refractivity contribution in [3.8, 4) is 0 Å². The van der Waals surface area contributed by atoms with Gasteiger partial charge in [0.15, 0.2) is 0 Å². The average Bonchev–Trinajstić information content (AvgIpc) is 1.63. The maximum Gasteiger partial charge on any atom is 0.109 e. The van der Waals surface area contributed by atoms with E-state index < -0.39 is 0 Å². The topological polar surface area (TPSA) is 47.7 Å². The Kier molecular flexibility index (Phi) is 3.24. The standard InChI is InChI=1S/C6H10N2S/c1-4(2)3-5(7)6(8)9/h3,7H,1-2H3,(H2,8,9). The first-order valence-corrected chi connectivity index (χ1v) is 3.00. The molecule has 0 aromatic carbocycles. The van der Waals surface area contributed by atoms with E-state index in [1.807, 2.05) is 13.8 Å². The molecule has 9 heavy (non-hydrogen) atoms. The van der Waals surface area contributed by atoms with E-state index in [9.17, 15) is 0 Å². The molecule has 50 valence electrons. The van der Waals surface area contributed by atoms with Gasteiger partial charge in [-0.25, -0.2) is 0 Å². The molecular formula is C6H10N2S. The number of thiol groups is 1. The highest BCUT2D eigenvalue weighted by Crippen LogP contribution is 1.92. The molecule has 0 heterocycles. The first-order chi connectivity index (χ1) is 4.04. The lowest BCUT2D eigenvalue weighted by Gasteiger charge is -1.91. The summed E-state index contributed by atoms with van der Waals surface area (Å²) in [4.78, 5) is 0. The zero-order chi connectivity index (χ0) is 7.44. The van der Waals surface area contributed by atoms with Gasteiger partial charge in [0.25, 0.3) is 0 Å². The normalized spacial score (nSPS) is 8.33. The Morgan fingerprint density at radius 2 is 1.78 bits per heavy atom. The van der Waals surface area contributed by atoms with Crippen LogP contribution >= 0.6 is 12.6 Å². The number of nitrogens with one attached hydrogen (secondary N) is 2. The lowest BCUT2D eigenvalue weighted by Crippen LogP contribution is -2.00. The molecule has 0 fully saturated rings. The summed E-state index contributed by atoms with van der Waals surface area (Å²) in [5.41, 5.74) is 1.18. The second-order valence-corrected chi connectivity index (χ2v) is 2.43. The van der Waals surface area contributed by atoms with Gasteiger partial charge in [-0.3, -0.25) is 10.8 Å². The minimum Gasteiger partial charge on any atom is -0.298 e. The van der Waals surface area contributed by atoms with E-state index in [-0.39, 0.29) is 10.8 Å². The molecule has 0 atom stereocenters. The second-order valence-electron chi connectivity index (χ2n) is 1.98. The van der Waals surface area contributed by atoms with Gasteiger partial charge in [-0.2, -0.15) is 0 Å². The van der Waals surface area contributed by atoms with Gasteiger partial charge >= 0.3 is 0 Å². The predicted molar refractivity (Wildman–Crippen MR) is 43.9 cm³/mol. The van der Waals surface area contributed by atoms with Crippen molar-refractivity contribution in [1.29, 1.82) is 10.8 Å². The summed E-state index contributed by atoms with van der Waals surface area (Å²) in [6.45, 7) is 3.76. The SMILES string of the molecule is CC(C)=CC(=N)C(=N)S. The lowest BCUT2D eigenvalue weighted by molar-refractivity contribution is 1.39. The first kappa shape index (κ1) is 8.43. The molecule has 0 aliphatic heterocycles. The van der Waals surface area contributed by atoms with Gasteiger partial charge < -0.3 is 0 Å². The molecule has 0 aromatic heterocycles. The van der Waals surface area contributed by atoms with Crippen LogP contribution in [0.25, 0.3) is 0 Å². The van der Waals surface area contributed by atoms with Crippen LogP contribution in [0.2, 0.25) is 0 Å². The summed E-state index contributed by atoms with van der Waals surface area (Å²) in [7, 11) is 0. The summed E-state index contributed by atoms with van der Waals surface area (Å²) < 4.78 is 0. The quantitative estimate of drug-likeness (QED) is 0.299. The highest BCUT2D eigenvalue weighted by atomic mass is 32.1. The van der Waals surface area contributed by atoms with Gasteiger partial charge in [-0.15, -0.1) is 12.6 Å². The zero-order valence-electron chi connectivity index (χ0n) is 5.52. The highest BCUT2D eigenvalue weighted by molar-refractivity contribution is 7.99. The van der Waals surface area contributed by atoms with Gasteiger partial charge in [0, 0.05) is 0 Å². The van der Waals surface area contributed by atoms with Gasteiger partial charge in [0.1, 0.15) is 5.04 Å². The van der Waals surface area contributed by atoms with E-state index in [1.165, 1.54) is 0 Å². The monoisotopic (exact) mass is 142 g/mol. The fraction of sp³-hybridized carbons (Fsp3) is 0.333. The third-order valence-corrected chi connectivity index (χ3v) is 0.929. The molecular weight excluding hydrogens is 132 g/mol. The fourth-order valence-corrected chi connectivity index (χ4v) is 0.422. The molecule has 0 bridgehead atoms. The van der Waals surface area contributed by atoms with Crippen LogP contribution in [0.1, 0.15) is 13.8 Å². The molecule has 0 spiro atoms. The van der Waals surface area contributed by atoms with Crippen LogP contribution in [0.4, 0.5) is 0 Å². The fourth-order valence-electron chi connectivity index (χ4n) is 0.357.